The van der Waals surface area contributed by atoms with Gasteiger partial charge in [-0.1, -0.05) is 253 Å². The summed E-state index contributed by atoms with van der Waals surface area (Å²) in [5.74, 6) is 2.34. The van der Waals surface area contributed by atoms with E-state index in [2.05, 4.69) is 327 Å². The van der Waals surface area contributed by atoms with Gasteiger partial charge in [-0.25, -0.2) is 4.98 Å². The van der Waals surface area contributed by atoms with E-state index in [0.717, 1.165) is 114 Å². The van der Waals surface area contributed by atoms with E-state index in [4.69, 9.17) is 9.72 Å². The van der Waals surface area contributed by atoms with E-state index < -0.39 is 0 Å². The Morgan fingerprint density at radius 2 is 0.885 bits per heavy atom. The van der Waals surface area contributed by atoms with Gasteiger partial charge in [0.15, 0.2) is 0 Å². The van der Waals surface area contributed by atoms with E-state index >= 15 is 0 Å². The highest BCUT2D eigenvalue weighted by Gasteiger charge is 2.58. The van der Waals surface area contributed by atoms with Gasteiger partial charge in [-0.2, -0.15) is 0 Å². The molecule has 87 heavy (non-hydrogen) atoms. The van der Waals surface area contributed by atoms with Crippen molar-refractivity contribution in [3.05, 3.63) is 302 Å². The molecule has 1 fully saturated rings. The maximum Gasteiger partial charge on any atom is 0.137 e. The van der Waals surface area contributed by atoms with Crippen molar-refractivity contribution in [1.29, 1.82) is 0 Å². The molecule has 422 valence electrons. The molecule has 0 bridgehead atoms. The fraction of sp³-hybridized carbons (Fsp3) is 0.134. The van der Waals surface area contributed by atoms with Crippen molar-refractivity contribution >= 4 is 44.6 Å². The first kappa shape index (κ1) is 53.5. The molecule has 2 aliphatic rings. The van der Waals surface area contributed by atoms with Crippen LogP contribution in [0.4, 0.5) is 22.7 Å². The number of fused-ring (bicyclic) bond motifs is 4. The van der Waals surface area contributed by atoms with Crippen LogP contribution in [0.15, 0.2) is 291 Å². The fourth-order valence-corrected chi connectivity index (χ4v) is 15.5. The zero-order chi connectivity index (χ0) is 58.7. The van der Waals surface area contributed by atoms with Gasteiger partial charge < -0.3 is 14.5 Å². The van der Waals surface area contributed by atoms with E-state index in [1.54, 1.807) is 0 Å². The van der Waals surface area contributed by atoms with E-state index in [9.17, 15) is 0 Å². The Labute approximate surface area is 511 Å². The van der Waals surface area contributed by atoms with Crippen molar-refractivity contribution in [1.82, 2.24) is 9.55 Å². The van der Waals surface area contributed by atoms with E-state index in [-0.39, 0.29) is 16.2 Å². The second-order valence-electron chi connectivity index (χ2n) is 24.9. The molecule has 0 saturated heterocycles. The van der Waals surface area contributed by atoms with Crippen LogP contribution in [0.5, 0.6) is 11.5 Å². The standard InChI is InChI=1S/C82H68N4O/c1-80(2)48-26-49-81(3,4)82(80,62-35-18-9-19-36-62)63-47-50-83-77(53-63)86-73-42-21-20-37-71(73)72-46-45-65(55-76(72)86)87-66-52-61(78-67(57-27-10-5-11-28-57)38-24-39-68(78)58-29-12-6-13-30-58)51-64(54-66)84-56-85(75-44-23-22-43-74(75)84)79-69(59-31-14-7-15-32-59)40-25-41-70(79)60-33-16-8-17-34-60/h5-25,27-47,50-55H,26,48-49,56H2,1-4H3. The first-order valence-electron chi connectivity index (χ1n) is 30.7. The highest BCUT2D eigenvalue weighted by molar-refractivity contribution is 6.09. The van der Waals surface area contributed by atoms with Gasteiger partial charge in [0.1, 0.15) is 24.0 Å². The topological polar surface area (TPSA) is 33.5 Å². The number of ether oxygens (including phenoxy) is 1. The van der Waals surface area contributed by atoms with Gasteiger partial charge in [0.05, 0.1) is 28.1 Å². The highest BCUT2D eigenvalue weighted by atomic mass is 16.5. The van der Waals surface area contributed by atoms with Gasteiger partial charge in [0.25, 0.3) is 0 Å². The SMILES string of the molecule is CC1(C)CCCC(C)(C)C1(c1ccccc1)c1ccnc(-n2c3ccccc3c3ccc(Oc4cc(-c5c(-c6ccccc6)cccc5-c5ccccc5)cc(N5CN(c6c(-c7ccccc7)cccc6-c6ccccc6)c6ccccc65)c4)cc32)c1. The molecule has 5 heteroatoms. The normalized spacial score (nSPS) is 14.9. The molecule has 2 aromatic heterocycles. The average Bonchev–Trinajstić information content (AvgIpc) is 1.20. The molecule has 15 rings (SSSR count). The molecule has 0 radical (unpaired) electrons. The van der Waals surface area contributed by atoms with Crippen LogP contribution in [-0.2, 0) is 5.41 Å². The number of rotatable bonds is 12. The Balaban J connectivity index is 0.919. The highest BCUT2D eigenvalue weighted by Crippen LogP contribution is 2.64. The Kier molecular flexibility index (Phi) is 13.3. The predicted octanol–water partition coefficient (Wildman–Crippen LogP) is 22.1. The minimum atomic E-state index is -0.283. The van der Waals surface area contributed by atoms with Gasteiger partial charge in [-0.05, 0) is 134 Å². The summed E-state index contributed by atoms with van der Waals surface area (Å²) >= 11 is 0. The minimum Gasteiger partial charge on any atom is -0.457 e. The third-order valence-corrected chi connectivity index (χ3v) is 19.1. The molecule has 3 heterocycles. The molecule has 0 atom stereocenters. The summed E-state index contributed by atoms with van der Waals surface area (Å²) in [4.78, 5) is 10.3. The summed E-state index contributed by atoms with van der Waals surface area (Å²) in [6.45, 7) is 10.5. The van der Waals surface area contributed by atoms with Gasteiger partial charge in [-0.3, -0.25) is 4.57 Å². The molecular formula is C82H68N4O. The number of benzene rings is 11. The summed E-state index contributed by atoms with van der Waals surface area (Å²) in [7, 11) is 0. The molecule has 0 N–H and O–H groups in total. The quantitative estimate of drug-likeness (QED) is 0.122. The fourth-order valence-electron chi connectivity index (χ4n) is 15.5. The van der Waals surface area contributed by atoms with Gasteiger partial charge in [0.2, 0.25) is 0 Å². The van der Waals surface area contributed by atoms with Crippen molar-refractivity contribution in [3.8, 4) is 73.0 Å². The largest absolute Gasteiger partial charge is 0.457 e. The molecule has 1 saturated carbocycles. The number of aromatic nitrogens is 2. The molecule has 11 aromatic carbocycles. The molecule has 5 nitrogen and oxygen atoms in total. The number of para-hydroxylation sites is 4. The second kappa shape index (κ2) is 21.7. The van der Waals surface area contributed by atoms with Crippen LogP contribution in [0.3, 0.4) is 0 Å². The van der Waals surface area contributed by atoms with Crippen molar-refractivity contribution in [2.75, 3.05) is 16.5 Å². The lowest BCUT2D eigenvalue weighted by Gasteiger charge is -2.60. The number of pyridine rings is 1. The lowest BCUT2D eigenvalue weighted by molar-refractivity contribution is 0.00547. The van der Waals surface area contributed by atoms with Crippen LogP contribution < -0.4 is 14.5 Å². The minimum absolute atomic E-state index is 0.0411. The van der Waals surface area contributed by atoms with Crippen molar-refractivity contribution in [3.63, 3.8) is 0 Å². The molecule has 1 aliphatic carbocycles. The van der Waals surface area contributed by atoms with E-state index in [0.29, 0.717) is 6.67 Å². The van der Waals surface area contributed by atoms with E-state index in [1.165, 1.54) is 34.1 Å². The zero-order valence-electron chi connectivity index (χ0n) is 49.7. The maximum absolute atomic E-state index is 7.45. The van der Waals surface area contributed by atoms with Crippen molar-refractivity contribution < 1.29 is 4.74 Å². The summed E-state index contributed by atoms with van der Waals surface area (Å²) in [5, 5.41) is 2.30. The van der Waals surface area contributed by atoms with Gasteiger partial charge in [-0.15, -0.1) is 0 Å². The molecule has 0 amide bonds. The molecule has 0 unspecified atom stereocenters. The van der Waals surface area contributed by atoms with Crippen LogP contribution in [-0.4, -0.2) is 16.2 Å². The second-order valence-corrected chi connectivity index (χ2v) is 24.9. The first-order valence-corrected chi connectivity index (χ1v) is 30.7. The number of hydrogen-bond acceptors (Lipinski definition) is 4. The van der Waals surface area contributed by atoms with Crippen LogP contribution in [0.1, 0.15) is 58.1 Å². The lowest BCUT2D eigenvalue weighted by Crippen LogP contribution is -2.56. The maximum atomic E-state index is 7.45. The van der Waals surface area contributed by atoms with Crippen LogP contribution in [0.2, 0.25) is 0 Å². The van der Waals surface area contributed by atoms with Gasteiger partial charge >= 0.3 is 0 Å². The Morgan fingerprint density at radius 3 is 1.48 bits per heavy atom. The number of nitrogens with zero attached hydrogens (tertiary/aromatic N) is 4. The molecule has 0 spiro atoms. The van der Waals surface area contributed by atoms with Crippen molar-refractivity contribution in [2.24, 2.45) is 10.8 Å². The summed E-state index contributed by atoms with van der Waals surface area (Å²) < 4.78 is 9.81. The summed E-state index contributed by atoms with van der Waals surface area (Å²) in [6.07, 6.45) is 5.51. The van der Waals surface area contributed by atoms with Crippen LogP contribution >= 0.6 is 0 Å². The van der Waals surface area contributed by atoms with Gasteiger partial charge in [0, 0.05) is 51.3 Å². The molecule has 13 aromatic rings. The summed E-state index contributed by atoms with van der Waals surface area (Å²) in [6, 6.07) is 104. The number of hydrogen-bond donors (Lipinski definition) is 0. The number of anilines is 4. The Hall–Kier alpha value is -10.2. The Bertz CT molecular complexity index is 4540. The Morgan fingerprint density at radius 1 is 0.379 bits per heavy atom. The third-order valence-electron chi connectivity index (χ3n) is 19.1. The zero-order valence-corrected chi connectivity index (χ0v) is 49.7. The monoisotopic (exact) mass is 1120 g/mol. The first-order chi connectivity index (χ1) is 42.6. The summed E-state index contributed by atoms with van der Waals surface area (Å²) in [5.41, 5.74) is 20.2. The molecule has 1 aliphatic heterocycles. The van der Waals surface area contributed by atoms with Crippen LogP contribution in [0, 0.1) is 10.8 Å². The van der Waals surface area contributed by atoms with Crippen molar-refractivity contribution in [2.45, 2.75) is 52.4 Å². The van der Waals surface area contributed by atoms with E-state index in [1.807, 2.05) is 6.20 Å². The van der Waals surface area contributed by atoms with Crippen LogP contribution in [0.25, 0.3) is 83.3 Å². The lowest BCUT2D eigenvalue weighted by atomic mass is 9.43. The predicted molar refractivity (Wildman–Crippen MR) is 363 cm³/mol. The average molecular weight is 1130 g/mol. The smallest absolute Gasteiger partial charge is 0.137 e. The third kappa shape index (κ3) is 9.11. The molecular weight excluding hydrogens is 1060 g/mol.